The van der Waals surface area contributed by atoms with E-state index < -0.39 is 23.6 Å². The van der Waals surface area contributed by atoms with Gasteiger partial charge in [0.05, 0.1) is 18.7 Å². The molecule has 2 aromatic carbocycles. The van der Waals surface area contributed by atoms with E-state index in [1.807, 2.05) is 6.92 Å². The van der Waals surface area contributed by atoms with Crippen LogP contribution in [-0.4, -0.2) is 30.9 Å². The summed E-state index contributed by atoms with van der Waals surface area (Å²) in [6, 6.07) is 11.7. The Morgan fingerprint density at radius 1 is 1.00 bits per heavy atom. The van der Waals surface area contributed by atoms with Crippen LogP contribution in [-0.2, 0) is 24.1 Å². The molecule has 0 saturated heterocycles. The zero-order valence-corrected chi connectivity index (χ0v) is 16.9. The lowest BCUT2D eigenvalue weighted by Gasteiger charge is -2.12. The Bertz CT molecular complexity index is 927. The van der Waals surface area contributed by atoms with Crippen molar-refractivity contribution in [1.82, 2.24) is 16.0 Å². The largest absolute Gasteiger partial charge is 0.416 e. The van der Waals surface area contributed by atoms with Gasteiger partial charge in [0.2, 0.25) is 5.91 Å². The summed E-state index contributed by atoms with van der Waals surface area (Å²) in [5, 5.41) is 8.53. The van der Waals surface area contributed by atoms with Gasteiger partial charge in [0.25, 0.3) is 5.91 Å². The summed E-state index contributed by atoms with van der Waals surface area (Å²) in [4.78, 5) is 26.9. The minimum Gasteiger partial charge on any atom is -0.368 e. The van der Waals surface area contributed by atoms with Gasteiger partial charge in [-0.3, -0.25) is 9.59 Å². The number of carbonyl (C=O) groups excluding carboxylic acids is 2. The highest BCUT2D eigenvalue weighted by molar-refractivity contribution is 5.96. The molecule has 5 N–H and O–H groups in total. The molecule has 0 bridgehead atoms. The second-order valence-electron chi connectivity index (χ2n) is 6.59. The number of nitrogens with two attached hydrogens (primary N) is 1. The molecular weight excluding hydrogens is 411 g/mol. The molecule has 0 atom stereocenters. The summed E-state index contributed by atoms with van der Waals surface area (Å²) in [5.41, 5.74) is 5.97. The Morgan fingerprint density at radius 2 is 1.71 bits per heavy atom. The van der Waals surface area contributed by atoms with Gasteiger partial charge in [0, 0.05) is 18.7 Å². The van der Waals surface area contributed by atoms with E-state index in [-0.39, 0.29) is 13.1 Å². The zero-order chi connectivity index (χ0) is 22.9. The summed E-state index contributed by atoms with van der Waals surface area (Å²) in [6.07, 6.45) is -4.40. The number of carbonyl (C=O) groups is 2. The highest BCUT2D eigenvalue weighted by Gasteiger charge is 2.30. The van der Waals surface area contributed by atoms with Gasteiger partial charge in [-0.25, -0.2) is 4.99 Å². The molecule has 10 heteroatoms. The quantitative estimate of drug-likeness (QED) is 0.376. The van der Waals surface area contributed by atoms with Gasteiger partial charge < -0.3 is 21.7 Å². The zero-order valence-electron chi connectivity index (χ0n) is 16.9. The molecule has 0 spiro atoms. The van der Waals surface area contributed by atoms with Crippen LogP contribution in [0.3, 0.4) is 0 Å². The van der Waals surface area contributed by atoms with Crippen LogP contribution in [0.1, 0.15) is 34.0 Å². The second-order valence-corrected chi connectivity index (χ2v) is 6.59. The average Bonchev–Trinajstić information content (AvgIpc) is 2.74. The molecule has 31 heavy (non-hydrogen) atoms. The van der Waals surface area contributed by atoms with Crippen LogP contribution < -0.4 is 21.7 Å². The maximum absolute atomic E-state index is 12.8. The molecule has 0 saturated carbocycles. The maximum atomic E-state index is 12.8. The van der Waals surface area contributed by atoms with Gasteiger partial charge in [0.1, 0.15) is 0 Å². The number of guanidine groups is 1. The van der Waals surface area contributed by atoms with Crippen LogP contribution >= 0.6 is 0 Å². The molecule has 0 fully saturated rings. The summed E-state index contributed by atoms with van der Waals surface area (Å²) >= 11 is 0. The number of hydrogen-bond donors (Lipinski definition) is 4. The molecule has 0 aliphatic rings. The number of aliphatic imine (C=N–C) groups is 1. The van der Waals surface area contributed by atoms with E-state index in [1.165, 1.54) is 6.07 Å². The molecular formula is C21H24F3N5O2. The lowest BCUT2D eigenvalue weighted by atomic mass is 10.1. The predicted octanol–water partition coefficient (Wildman–Crippen LogP) is 2.18. The fraction of sp³-hybridized carbons (Fsp3) is 0.286. The van der Waals surface area contributed by atoms with E-state index >= 15 is 0 Å². The minimum atomic E-state index is -4.40. The van der Waals surface area contributed by atoms with Crippen LogP contribution in [0.4, 0.5) is 13.2 Å². The van der Waals surface area contributed by atoms with Crippen molar-refractivity contribution < 1.29 is 22.8 Å². The van der Waals surface area contributed by atoms with Gasteiger partial charge in [-0.05, 0) is 42.3 Å². The molecule has 0 heterocycles. The number of halogens is 3. The number of benzene rings is 2. The number of hydrogen-bond acceptors (Lipinski definition) is 3. The molecule has 0 unspecified atom stereocenters. The third-order valence-electron chi connectivity index (χ3n) is 4.12. The maximum Gasteiger partial charge on any atom is 0.416 e. The van der Waals surface area contributed by atoms with E-state index in [9.17, 15) is 22.8 Å². The van der Waals surface area contributed by atoms with Crippen LogP contribution in [0.25, 0.3) is 0 Å². The van der Waals surface area contributed by atoms with Crippen molar-refractivity contribution in [3.63, 3.8) is 0 Å². The Kier molecular flexibility index (Phi) is 8.42. The molecule has 2 rings (SSSR count). The number of primary amides is 1. The van der Waals surface area contributed by atoms with Crippen LogP contribution in [0.5, 0.6) is 0 Å². The second kappa shape index (κ2) is 11.0. The number of amides is 2. The van der Waals surface area contributed by atoms with Gasteiger partial charge in [-0.1, -0.05) is 24.3 Å². The van der Waals surface area contributed by atoms with Gasteiger partial charge >= 0.3 is 6.18 Å². The van der Waals surface area contributed by atoms with E-state index in [1.54, 1.807) is 30.3 Å². The first-order valence-electron chi connectivity index (χ1n) is 9.52. The van der Waals surface area contributed by atoms with Crippen molar-refractivity contribution in [2.45, 2.75) is 26.2 Å². The van der Waals surface area contributed by atoms with Crippen molar-refractivity contribution in [2.24, 2.45) is 10.7 Å². The number of rotatable bonds is 8. The van der Waals surface area contributed by atoms with Crippen molar-refractivity contribution >= 4 is 17.8 Å². The minimum absolute atomic E-state index is 0.0816. The fourth-order valence-electron chi connectivity index (χ4n) is 2.59. The molecule has 2 amide bonds. The van der Waals surface area contributed by atoms with E-state index in [4.69, 9.17) is 5.73 Å². The Morgan fingerprint density at radius 3 is 2.32 bits per heavy atom. The molecule has 0 aliphatic carbocycles. The Labute approximate surface area is 177 Å². The van der Waals surface area contributed by atoms with Crippen molar-refractivity contribution in [1.29, 1.82) is 0 Å². The predicted molar refractivity (Wildman–Crippen MR) is 111 cm³/mol. The SMILES string of the molecule is CCNC(=NCc1cccc(C(F)(F)F)c1)NCc1ccc(C(=O)NCC(N)=O)cc1. The van der Waals surface area contributed by atoms with Crippen LogP contribution in [0.15, 0.2) is 53.5 Å². The standard InChI is InChI=1S/C21H24F3N5O2/c1-2-26-20(29-12-15-4-3-5-17(10-15)21(22,23)24)28-11-14-6-8-16(9-7-14)19(31)27-13-18(25)30/h3-10H,2,11-13H2,1H3,(H2,25,30)(H,27,31)(H2,26,28,29). The molecule has 2 aromatic rings. The van der Waals surface area contributed by atoms with E-state index in [0.29, 0.717) is 30.2 Å². The van der Waals surface area contributed by atoms with E-state index in [2.05, 4.69) is 20.9 Å². The average molecular weight is 435 g/mol. The smallest absolute Gasteiger partial charge is 0.368 e. The molecule has 0 radical (unpaired) electrons. The van der Waals surface area contributed by atoms with Crippen molar-refractivity contribution in [2.75, 3.05) is 13.1 Å². The summed E-state index contributed by atoms with van der Waals surface area (Å²) in [5.74, 6) is -0.591. The van der Waals surface area contributed by atoms with Crippen molar-refractivity contribution in [3.8, 4) is 0 Å². The Hall–Kier alpha value is -3.56. The van der Waals surface area contributed by atoms with Crippen LogP contribution in [0.2, 0.25) is 0 Å². The first-order chi connectivity index (χ1) is 14.7. The summed E-state index contributed by atoms with van der Waals surface area (Å²) in [7, 11) is 0. The summed E-state index contributed by atoms with van der Waals surface area (Å²) < 4.78 is 38.5. The van der Waals surface area contributed by atoms with Crippen molar-refractivity contribution in [3.05, 3.63) is 70.8 Å². The first kappa shape index (κ1) is 23.7. The molecule has 0 aliphatic heterocycles. The fourth-order valence-corrected chi connectivity index (χ4v) is 2.59. The monoisotopic (exact) mass is 435 g/mol. The normalized spacial score (nSPS) is 11.7. The van der Waals surface area contributed by atoms with Gasteiger partial charge in [0.15, 0.2) is 5.96 Å². The number of nitrogens with zero attached hydrogens (tertiary/aromatic N) is 1. The van der Waals surface area contributed by atoms with E-state index in [0.717, 1.165) is 17.7 Å². The topological polar surface area (TPSA) is 109 Å². The highest BCUT2D eigenvalue weighted by atomic mass is 19.4. The third kappa shape index (κ3) is 8.00. The Balaban J connectivity index is 1.97. The molecule has 0 aromatic heterocycles. The number of alkyl halides is 3. The molecule has 7 nitrogen and oxygen atoms in total. The highest BCUT2D eigenvalue weighted by Crippen LogP contribution is 2.29. The van der Waals surface area contributed by atoms with Crippen LogP contribution in [0, 0.1) is 0 Å². The summed E-state index contributed by atoms with van der Waals surface area (Å²) in [6.45, 7) is 2.68. The van der Waals surface area contributed by atoms with Gasteiger partial charge in [-0.2, -0.15) is 13.2 Å². The first-order valence-corrected chi connectivity index (χ1v) is 9.52. The van der Waals surface area contributed by atoms with Gasteiger partial charge in [-0.15, -0.1) is 0 Å². The lowest BCUT2D eigenvalue weighted by molar-refractivity contribution is -0.137. The molecule has 166 valence electrons. The number of nitrogens with one attached hydrogen (secondary N) is 3. The third-order valence-corrected chi connectivity index (χ3v) is 4.12. The lowest BCUT2D eigenvalue weighted by Crippen LogP contribution is -2.36.